The standard InChI is InChI=1S/C15H30N4O2.HI/c1-6-11(2)18-13(16)17-9-12-7-8-19(10-12)14(20)21-15(3,4)5;/h11-12H,6-10H2,1-5H3,(H3,16,17,18);1H. The number of hydrogen-bond donors (Lipinski definition) is 2. The van der Waals surface area contributed by atoms with Gasteiger partial charge in [0.15, 0.2) is 5.96 Å². The van der Waals surface area contributed by atoms with Crippen LogP contribution in [0.3, 0.4) is 0 Å². The highest BCUT2D eigenvalue weighted by molar-refractivity contribution is 14.0. The van der Waals surface area contributed by atoms with E-state index in [2.05, 4.69) is 24.2 Å². The molecule has 0 aliphatic carbocycles. The molecule has 0 bridgehead atoms. The van der Waals surface area contributed by atoms with Crippen LogP contribution in [0.5, 0.6) is 0 Å². The van der Waals surface area contributed by atoms with E-state index in [0.29, 0.717) is 31.0 Å². The Morgan fingerprint density at radius 3 is 2.68 bits per heavy atom. The third-order valence-electron chi connectivity index (χ3n) is 3.46. The monoisotopic (exact) mass is 426 g/mol. The predicted molar refractivity (Wildman–Crippen MR) is 101 cm³/mol. The lowest BCUT2D eigenvalue weighted by Crippen LogP contribution is -2.38. The summed E-state index contributed by atoms with van der Waals surface area (Å²) in [6.45, 7) is 11.9. The number of rotatable bonds is 4. The van der Waals surface area contributed by atoms with Crippen molar-refractivity contribution >= 4 is 36.0 Å². The Labute approximate surface area is 151 Å². The maximum absolute atomic E-state index is 12.0. The fourth-order valence-electron chi connectivity index (χ4n) is 2.10. The lowest BCUT2D eigenvalue weighted by atomic mass is 10.1. The Morgan fingerprint density at radius 1 is 1.50 bits per heavy atom. The van der Waals surface area contributed by atoms with Gasteiger partial charge in [-0.25, -0.2) is 4.79 Å². The number of hydrogen-bond acceptors (Lipinski definition) is 3. The van der Waals surface area contributed by atoms with Crippen LogP contribution in [0.15, 0.2) is 4.99 Å². The average Bonchev–Trinajstić information content (AvgIpc) is 2.83. The second-order valence-electron chi connectivity index (χ2n) is 6.76. The van der Waals surface area contributed by atoms with Gasteiger partial charge in [-0.15, -0.1) is 24.0 Å². The number of nitrogens with zero attached hydrogens (tertiary/aromatic N) is 2. The van der Waals surface area contributed by atoms with Gasteiger partial charge in [0.2, 0.25) is 0 Å². The zero-order chi connectivity index (χ0) is 16.0. The third-order valence-corrected chi connectivity index (χ3v) is 3.46. The van der Waals surface area contributed by atoms with Gasteiger partial charge in [-0.2, -0.15) is 0 Å². The molecule has 3 N–H and O–H groups in total. The molecule has 0 saturated carbocycles. The molecule has 1 saturated heterocycles. The van der Waals surface area contributed by atoms with Gasteiger partial charge in [0, 0.05) is 25.7 Å². The summed E-state index contributed by atoms with van der Waals surface area (Å²) in [5, 5.41) is 3.14. The molecule has 22 heavy (non-hydrogen) atoms. The Bertz CT molecular complexity index is 382. The Kier molecular flexibility index (Phi) is 9.11. The van der Waals surface area contributed by atoms with E-state index in [0.717, 1.165) is 19.4 Å². The zero-order valence-corrected chi connectivity index (χ0v) is 16.7. The molecule has 1 heterocycles. The van der Waals surface area contributed by atoms with Gasteiger partial charge >= 0.3 is 6.09 Å². The molecule has 0 spiro atoms. The number of ether oxygens (including phenoxy) is 1. The maximum Gasteiger partial charge on any atom is 0.410 e. The van der Waals surface area contributed by atoms with Crippen LogP contribution in [0.4, 0.5) is 4.79 Å². The number of carbonyl (C=O) groups excluding carboxylic acids is 1. The zero-order valence-electron chi connectivity index (χ0n) is 14.4. The first-order chi connectivity index (χ1) is 9.71. The highest BCUT2D eigenvalue weighted by Gasteiger charge is 2.29. The molecule has 1 fully saturated rings. The second-order valence-corrected chi connectivity index (χ2v) is 6.76. The van der Waals surface area contributed by atoms with Crippen LogP contribution in [-0.4, -0.2) is 48.2 Å². The van der Waals surface area contributed by atoms with Crippen molar-refractivity contribution < 1.29 is 9.53 Å². The fraction of sp³-hybridized carbons (Fsp3) is 0.867. The smallest absolute Gasteiger partial charge is 0.410 e. The van der Waals surface area contributed by atoms with Crippen molar-refractivity contribution in [3.63, 3.8) is 0 Å². The summed E-state index contributed by atoms with van der Waals surface area (Å²) >= 11 is 0. The van der Waals surface area contributed by atoms with Gasteiger partial charge < -0.3 is 20.7 Å². The number of likely N-dealkylation sites (tertiary alicyclic amines) is 1. The second kappa shape index (κ2) is 9.42. The van der Waals surface area contributed by atoms with Crippen molar-refractivity contribution in [2.24, 2.45) is 16.6 Å². The lowest BCUT2D eigenvalue weighted by Gasteiger charge is -2.24. The molecule has 2 atom stereocenters. The summed E-state index contributed by atoms with van der Waals surface area (Å²) in [7, 11) is 0. The number of halogens is 1. The molecular weight excluding hydrogens is 395 g/mol. The first kappa shape index (κ1) is 21.3. The van der Waals surface area contributed by atoms with Gasteiger partial charge in [-0.05, 0) is 46.5 Å². The molecule has 0 aromatic heterocycles. The molecular formula is C15H31IN4O2. The molecule has 0 radical (unpaired) electrons. The summed E-state index contributed by atoms with van der Waals surface area (Å²) in [6.07, 6.45) is 1.71. The van der Waals surface area contributed by atoms with Crippen LogP contribution in [0, 0.1) is 5.92 Å². The van der Waals surface area contributed by atoms with Gasteiger partial charge in [0.1, 0.15) is 5.60 Å². The summed E-state index contributed by atoms with van der Waals surface area (Å²) < 4.78 is 5.38. The van der Waals surface area contributed by atoms with Crippen molar-refractivity contribution in [2.45, 2.75) is 59.1 Å². The number of amides is 1. The minimum absolute atomic E-state index is 0. The van der Waals surface area contributed by atoms with Gasteiger partial charge in [-0.1, -0.05) is 6.92 Å². The summed E-state index contributed by atoms with van der Waals surface area (Å²) in [5.74, 6) is 0.842. The summed E-state index contributed by atoms with van der Waals surface area (Å²) in [4.78, 5) is 18.1. The van der Waals surface area contributed by atoms with Crippen LogP contribution in [-0.2, 0) is 4.74 Å². The third kappa shape index (κ3) is 8.05. The van der Waals surface area contributed by atoms with Gasteiger partial charge in [0.05, 0.1) is 0 Å². The number of nitrogens with two attached hydrogens (primary N) is 1. The van der Waals surface area contributed by atoms with E-state index in [9.17, 15) is 4.79 Å². The molecule has 1 rings (SSSR count). The first-order valence-corrected chi connectivity index (χ1v) is 7.75. The first-order valence-electron chi connectivity index (χ1n) is 7.75. The fourth-order valence-corrected chi connectivity index (χ4v) is 2.10. The van der Waals surface area contributed by atoms with E-state index in [-0.39, 0.29) is 30.1 Å². The van der Waals surface area contributed by atoms with E-state index >= 15 is 0 Å². The molecule has 6 nitrogen and oxygen atoms in total. The average molecular weight is 426 g/mol. The van der Waals surface area contributed by atoms with Crippen molar-refractivity contribution in [3.8, 4) is 0 Å². The molecule has 130 valence electrons. The summed E-state index contributed by atoms with van der Waals surface area (Å²) in [6, 6.07) is 0.329. The van der Waals surface area contributed by atoms with Gasteiger partial charge in [-0.3, -0.25) is 4.99 Å². The Hall–Kier alpha value is -0.730. The lowest BCUT2D eigenvalue weighted by molar-refractivity contribution is 0.0289. The van der Waals surface area contributed by atoms with Crippen LogP contribution < -0.4 is 11.1 Å². The van der Waals surface area contributed by atoms with Crippen molar-refractivity contribution in [2.75, 3.05) is 19.6 Å². The van der Waals surface area contributed by atoms with E-state index in [1.54, 1.807) is 4.90 Å². The van der Waals surface area contributed by atoms with E-state index in [1.807, 2.05) is 20.8 Å². The minimum Gasteiger partial charge on any atom is -0.444 e. The normalized spacial score (nSPS) is 20.3. The van der Waals surface area contributed by atoms with Crippen molar-refractivity contribution in [1.82, 2.24) is 10.2 Å². The number of nitrogens with one attached hydrogen (secondary N) is 1. The SMILES string of the molecule is CCC(C)NC(N)=NCC1CCN(C(=O)OC(C)(C)C)C1.I. The quantitative estimate of drug-likeness (QED) is 0.412. The minimum atomic E-state index is -0.446. The van der Waals surface area contributed by atoms with E-state index in [1.165, 1.54) is 0 Å². The Morgan fingerprint density at radius 2 is 2.14 bits per heavy atom. The maximum atomic E-state index is 12.0. The van der Waals surface area contributed by atoms with Crippen LogP contribution in [0.25, 0.3) is 0 Å². The molecule has 7 heteroatoms. The largest absolute Gasteiger partial charge is 0.444 e. The number of guanidine groups is 1. The molecule has 1 amide bonds. The summed E-state index contributed by atoms with van der Waals surface area (Å²) in [5.41, 5.74) is 5.39. The van der Waals surface area contributed by atoms with Crippen LogP contribution in [0.2, 0.25) is 0 Å². The molecule has 0 aromatic carbocycles. The van der Waals surface area contributed by atoms with Crippen LogP contribution >= 0.6 is 24.0 Å². The topological polar surface area (TPSA) is 80.0 Å². The molecule has 1 aliphatic rings. The van der Waals surface area contributed by atoms with Gasteiger partial charge in [0.25, 0.3) is 0 Å². The Balaban J connectivity index is 0.00000441. The highest BCUT2D eigenvalue weighted by atomic mass is 127. The van der Waals surface area contributed by atoms with Crippen molar-refractivity contribution in [1.29, 1.82) is 0 Å². The number of aliphatic imine (C=N–C) groups is 1. The highest BCUT2D eigenvalue weighted by Crippen LogP contribution is 2.19. The molecule has 2 unspecified atom stereocenters. The van der Waals surface area contributed by atoms with E-state index < -0.39 is 5.60 Å². The predicted octanol–water partition coefficient (Wildman–Crippen LogP) is 2.56. The van der Waals surface area contributed by atoms with Crippen LogP contribution in [0.1, 0.15) is 47.5 Å². The number of carbonyl (C=O) groups is 1. The van der Waals surface area contributed by atoms with Crippen molar-refractivity contribution in [3.05, 3.63) is 0 Å². The molecule has 1 aliphatic heterocycles. The van der Waals surface area contributed by atoms with E-state index in [4.69, 9.17) is 10.5 Å². The molecule has 0 aromatic rings.